The number of fused-ring (bicyclic) bond motifs is 1. The summed E-state index contributed by atoms with van der Waals surface area (Å²) in [7, 11) is 0. The van der Waals surface area contributed by atoms with Gasteiger partial charge in [-0.15, -0.1) is 0 Å². The van der Waals surface area contributed by atoms with E-state index in [4.69, 9.17) is 0 Å². The molecule has 146 valence electrons. The number of alkyl halides is 3. The zero-order chi connectivity index (χ0) is 19.9. The second-order valence-electron chi connectivity index (χ2n) is 6.77. The summed E-state index contributed by atoms with van der Waals surface area (Å²) in [6.45, 7) is 2.14. The van der Waals surface area contributed by atoms with Crippen molar-refractivity contribution in [1.29, 1.82) is 0 Å². The van der Waals surface area contributed by atoms with Gasteiger partial charge in [0, 0.05) is 24.5 Å². The molecule has 1 saturated carbocycles. The molecule has 3 aromatic rings. The van der Waals surface area contributed by atoms with Gasteiger partial charge >= 0.3 is 6.18 Å². The van der Waals surface area contributed by atoms with Crippen LogP contribution in [0, 0.1) is 6.92 Å². The second-order valence-corrected chi connectivity index (χ2v) is 6.77. The maximum absolute atomic E-state index is 12.6. The molecule has 0 radical (unpaired) electrons. The Morgan fingerprint density at radius 1 is 1.29 bits per heavy atom. The zero-order valence-electron chi connectivity index (χ0n) is 14.8. The minimum absolute atomic E-state index is 0.0674. The number of halogens is 3. The summed E-state index contributed by atoms with van der Waals surface area (Å²) >= 11 is 0. The molecular formula is C17H16F3N7O. The minimum atomic E-state index is -4.49. The van der Waals surface area contributed by atoms with Crippen molar-refractivity contribution >= 4 is 17.5 Å². The Kier molecular flexibility index (Phi) is 4.16. The predicted octanol–water partition coefficient (Wildman–Crippen LogP) is 2.22. The van der Waals surface area contributed by atoms with Crippen LogP contribution < -0.4 is 10.6 Å². The van der Waals surface area contributed by atoms with Crippen molar-refractivity contribution in [3.63, 3.8) is 0 Å². The molecule has 3 aromatic heterocycles. The van der Waals surface area contributed by atoms with Crippen LogP contribution in [0.3, 0.4) is 0 Å². The Labute approximate surface area is 157 Å². The third kappa shape index (κ3) is 3.59. The molecule has 0 aromatic carbocycles. The molecule has 11 heteroatoms. The van der Waals surface area contributed by atoms with Crippen LogP contribution in [0.1, 0.15) is 34.6 Å². The maximum Gasteiger partial charge on any atom is 0.417 e. The molecule has 1 fully saturated rings. The zero-order valence-corrected chi connectivity index (χ0v) is 14.8. The van der Waals surface area contributed by atoms with Gasteiger partial charge in [-0.1, -0.05) is 0 Å². The van der Waals surface area contributed by atoms with Crippen LogP contribution in [0.25, 0.3) is 5.78 Å². The van der Waals surface area contributed by atoms with Gasteiger partial charge in [0.1, 0.15) is 17.8 Å². The number of nitrogens with one attached hydrogen (secondary N) is 2. The van der Waals surface area contributed by atoms with Gasteiger partial charge in [0.15, 0.2) is 0 Å². The monoisotopic (exact) mass is 391 g/mol. The summed E-state index contributed by atoms with van der Waals surface area (Å²) in [6, 6.07) is 3.74. The number of aryl methyl sites for hydroxylation is 1. The summed E-state index contributed by atoms with van der Waals surface area (Å²) in [4.78, 5) is 24.2. The van der Waals surface area contributed by atoms with Gasteiger partial charge in [0.2, 0.25) is 0 Å². The highest BCUT2D eigenvalue weighted by molar-refractivity contribution is 5.92. The number of nitrogens with zero attached hydrogens (tertiary/aromatic N) is 5. The lowest BCUT2D eigenvalue weighted by Gasteiger charge is -2.20. The van der Waals surface area contributed by atoms with Gasteiger partial charge in [0.25, 0.3) is 11.7 Å². The number of hydrogen-bond donors (Lipinski definition) is 2. The largest absolute Gasteiger partial charge is 0.417 e. The first-order chi connectivity index (χ1) is 13.3. The summed E-state index contributed by atoms with van der Waals surface area (Å²) in [6.07, 6.45) is -0.776. The standard InChI is InChI=1S/C17H16F3N7O/c1-10-6-13(27-15(25-10)23-9-24-27)26-16(4-5-16)8-22-14(28)12-3-2-11(7-21-12)17(18,19)20/h2-3,6-7,9,26H,4-5,8H2,1H3,(H,22,28). The fourth-order valence-electron chi connectivity index (χ4n) is 2.82. The number of amides is 1. The van der Waals surface area contributed by atoms with Gasteiger partial charge in [-0.05, 0) is 31.9 Å². The molecule has 0 aliphatic heterocycles. The van der Waals surface area contributed by atoms with Crippen molar-refractivity contribution in [2.45, 2.75) is 31.5 Å². The van der Waals surface area contributed by atoms with Crippen molar-refractivity contribution in [3.8, 4) is 0 Å². The number of rotatable bonds is 5. The summed E-state index contributed by atoms with van der Waals surface area (Å²) in [5.41, 5.74) is -0.540. The molecule has 1 aliphatic rings. The average molecular weight is 391 g/mol. The average Bonchev–Trinajstić information content (AvgIpc) is 3.24. The van der Waals surface area contributed by atoms with Gasteiger partial charge < -0.3 is 10.6 Å². The third-order valence-corrected chi connectivity index (χ3v) is 4.54. The predicted molar refractivity (Wildman–Crippen MR) is 92.7 cm³/mol. The van der Waals surface area contributed by atoms with E-state index in [1.165, 1.54) is 6.33 Å². The van der Waals surface area contributed by atoms with Crippen LogP contribution >= 0.6 is 0 Å². The fourth-order valence-corrected chi connectivity index (χ4v) is 2.82. The van der Waals surface area contributed by atoms with Crippen molar-refractivity contribution in [2.24, 2.45) is 0 Å². The molecule has 0 atom stereocenters. The molecule has 1 amide bonds. The van der Waals surface area contributed by atoms with Crippen LogP contribution in [0.5, 0.6) is 0 Å². The summed E-state index contributed by atoms with van der Waals surface area (Å²) in [5, 5.41) is 10.2. The molecule has 4 rings (SSSR count). The summed E-state index contributed by atoms with van der Waals surface area (Å²) < 4.78 is 39.4. The first-order valence-electron chi connectivity index (χ1n) is 8.53. The van der Waals surface area contributed by atoms with E-state index in [2.05, 4.69) is 30.7 Å². The molecule has 3 heterocycles. The first-order valence-corrected chi connectivity index (χ1v) is 8.53. The van der Waals surface area contributed by atoms with Crippen molar-refractivity contribution in [1.82, 2.24) is 29.9 Å². The Hall–Kier alpha value is -3.24. The van der Waals surface area contributed by atoms with E-state index < -0.39 is 17.6 Å². The maximum atomic E-state index is 12.6. The molecular weight excluding hydrogens is 375 g/mol. The molecule has 8 nitrogen and oxygen atoms in total. The highest BCUT2D eigenvalue weighted by Gasteiger charge is 2.43. The fraction of sp³-hybridized carbons (Fsp3) is 0.353. The Bertz CT molecular complexity index is 1030. The van der Waals surface area contributed by atoms with Crippen molar-refractivity contribution in [3.05, 3.63) is 47.7 Å². The molecule has 2 N–H and O–H groups in total. The quantitative estimate of drug-likeness (QED) is 0.692. The van der Waals surface area contributed by atoms with Gasteiger partial charge in [0.05, 0.1) is 11.1 Å². The summed E-state index contributed by atoms with van der Waals surface area (Å²) in [5.74, 6) is 0.648. The molecule has 0 spiro atoms. The normalized spacial score (nSPS) is 15.4. The topological polar surface area (TPSA) is 97.1 Å². The number of carbonyl (C=O) groups is 1. The van der Waals surface area contributed by atoms with Gasteiger partial charge in [-0.25, -0.2) is 4.98 Å². The molecule has 0 bridgehead atoms. The van der Waals surface area contributed by atoms with E-state index in [0.29, 0.717) is 24.3 Å². The molecule has 28 heavy (non-hydrogen) atoms. The van der Waals surface area contributed by atoms with Crippen LogP contribution in [0.4, 0.5) is 19.0 Å². The number of carbonyl (C=O) groups excluding carboxylic acids is 1. The Balaban J connectivity index is 1.43. The molecule has 0 unspecified atom stereocenters. The van der Waals surface area contributed by atoms with Crippen LogP contribution in [0.2, 0.25) is 0 Å². The SMILES string of the molecule is Cc1cc(NC2(CNC(=O)c3ccc(C(F)(F)F)cn3)CC2)n2ncnc2n1. The van der Waals surface area contributed by atoms with E-state index in [1.54, 1.807) is 4.52 Å². The van der Waals surface area contributed by atoms with Gasteiger partial charge in [-0.2, -0.15) is 27.8 Å². The number of pyridine rings is 1. The number of anilines is 1. The van der Waals surface area contributed by atoms with Crippen LogP contribution in [0.15, 0.2) is 30.7 Å². The molecule has 1 aliphatic carbocycles. The van der Waals surface area contributed by atoms with Crippen LogP contribution in [-0.2, 0) is 6.18 Å². The first kappa shape index (κ1) is 18.1. The lowest BCUT2D eigenvalue weighted by Crippen LogP contribution is -2.39. The van der Waals surface area contributed by atoms with Crippen molar-refractivity contribution in [2.75, 3.05) is 11.9 Å². The Morgan fingerprint density at radius 3 is 2.71 bits per heavy atom. The van der Waals surface area contributed by atoms with E-state index in [9.17, 15) is 18.0 Å². The number of hydrogen-bond acceptors (Lipinski definition) is 6. The third-order valence-electron chi connectivity index (χ3n) is 4.54. The number of aromatic nitrogens is 5. The van der Waals surface area contributed by atoms with E-state index >= 15 is 0 Å². The van der Waals surface area contributed by atoms with E-state index in [0.717, 1.165) is 30.7 Å². The lowest BCUT2D eigenvalue weighted by molar-refractivity contribution is -0.137. The lowest BCUT2D eigenvalue weighted by atomic mass is 10.2. The highest BCUT2D eigenvalue weighted by atomic mass is 19.4. The van der Waals surface area contributed by atoms with Crippen molar-refractivity contribution < 1.29 is 18.0 Å². The van der Waals surface area contributed by atoms with E-state index in [-0.39, 0.29) is 11.2 Å². The smallest absolute Gasteiger partial charge is 0.363 e. The van der Waals surface area contributed by atoms with E-state index in [1.807, 2.05) is 13.0 Å². The minimum Gasteiger partial charge on any atom is -0.363 e. The second kappa shape index (κ2) is 6.43. The molecule has 0 saturated heterocycles. The Morgan fingerprint density at radius 2 is 2.07 bits per heavy atom. The highest BCUT2D eigenvalue weighted by Crippen LogP contribution is 2.38. The van der Waals surface area contributed by atoms with Crippen LogP contribution in [-0.4, -0.2) is 42.6 Å². The van der Waals surface area contributed by atoms with Gasteiger partial charge in [-0.3, -0.25) is 9.78 Å².